The van der Waals surface area contributed by atoms with Gasteiger partial charge in [0.25, 0.3) is 0 Å². The third-order valence-corrected chi connectivity index (χ3v) is 3.61. The van der Waals surface area contributed by atoms with Gasteiger partial charge in [-0.3, -0.25) is 4.90 Å². The smallest absolute Gasteiger partial charge is 0.141 e. The summed E-state index contributed by atoms with van der Waals surface area (Å²) in [7, 11) is 0. The molecule has 96 valence electrons. The summed E-state index contributed by atoms with van der Waals surface area (Å²) in [5.74, 6) is -0.392. The lowest BCUT2D eigenvalue weighted by atomic mass is 10.2. The highest BCUT2D eigenvalue weighted by atomic mass is 35.5. The minimum Gasteiger partial charge on any atom is -0.369 e. The second-order valence-electron chi connectivity index (χ2n) is 4.43. The van der Waals surface area contributed by atoms with E-state index in [0.29, 0.717) is 0 Å². The van der Waals surface area contributed by atoms with Crippen molar-refractivity contribution in [3.8, 4) is 6.07 Å². The lowest BCUT2D eigenvalue weighted by molar-refractivity contribution is 0.231. The Kier molecular flexibility index (Phi) is 4.05. The number of piperazine rings is 1. The predicted molar refractivity (Wildman–Crippen MR) is 70.3 cm³/mol. The number of halogens is 2. The van der Waals surface area contributed by atoms with E-state index in [0.717, 1.165) is 31.9 Å². The molecule has 0 spiro atoms. The van der Waals surface area contributed by atoms with Gasteiger partial charge in [0, 0.05) is 31.9 Å². The maximum absolute atomic E-state index is 13.1. The molecule has 3 nitrogen and oxygen atoms in total. The lowest BCUT2D eigenvalue weighted by Crippen LogP contribution is -2.49. The standard InChI is InChI=1S/C13H15ClFN3/c1-10(9-16)17-4-6-18(7-5-17)11-2-3-13(15)12(14)8-11/h2-3,8,10H,4-7H2,1H3. The van der Waals surface area contributed by atoms with Crippen LogP contribution in [0.3, 0.4) is 0 Å². The van der Waals surface area contributed by atoms with Crippen LogP contribution < -0.4 is 4.90 Å². The maximum Gasteiger partial charge on any atom is 0.141 e. The molecular weight excluding hydrogens is 253 g/mol. The van der Waals surface area contributed by atoms with Crippen LogP contribution in [0, 0.1) is 17.1 Å². The molecule has 1 fully saturated rings. The highest BCUT2D eigenvalue weighted by molar-refractivity contribution is 6.31. The molecule has 5 heteroatoms. The summed E-state index contributed by atoms with van der Waals surface area (Å²) in [6, 6.07) is 6.98. The molecule has 18 heavy (non-hydrogen) atoms. The zero-order chi connectivity index (χ0) is 13.1. The molecule has 1 unspecified atom stereocenters. The van der Waals surface area contributed by atoms with Crippen LogP contribution in [-0.2, 0) is 0 Å². The Morgan fingerprint density at radius 3 is 2.56 bits per heavy atom. The molecule has 0 saturated carbocycles. The third-order valence-electron chi connectivity index (χ3n) is 3.32. The molecular formula is C13H15ClFN3. The fourth-order valence-electron chi connectivity index (χ4n) is 2.13. The molecule has 0 aliphatic carbocycles. The second-order valence-corrected chi connectivity index (χ2v) is 4.83. The number of hydrogen-bond donors (Lipinski definition) is 0. The molecule has 1 atom stereocenters. The summed E-state index contributed by atoms with van der Waals surface area (Å²) in [4.78, 5) is 4.30. The van der Waals surface area contributed by atoms with E-state index in [1.807, 2.05) is 6.92 Å². The highest BCUT2D eigenvalue weighted by Crippen LogP contribution is 2.23. The van der Waals surface area contributed by atoms with Gasteiger partial charge in [0.15, 0.2) is 0 Å². The largest absolute Gasteiger partial charge is 0.369 e. The fraction of sp³-hybridized carbons (Fsp3) is 0.462. The average Bonchev–Trinajstić information content (AvgIpc) is 2.41. The zero-order valence-electron chi connectivity index (χ0n) is 10.2. The van der Waals surface area contributed by atoms with Crippen LogP contribution in [0.1, 0.15) is 6.92 Å². The maximum atomic E-state index is 13.1. The van der Waals surface area contributed by atoms with E-state index < -0.39 is 5.82 Å². The Hall–Kier alpha value is -1.31. The molecule has 0 aromatic heterocycles. The van der Waals surface area contributed by atoms with Gasteiger partial charge in [0.05, 0.1) is 17.1 Å². The number of anilines is 1. The third kappa shape index (κ3) is 2.74. The van der Waals surface area contributed by atoms with Crippen LogP contribution in [0.15, 0.2) is 18.2 Å². The van der Waals surface area contributed by atoms with Gasteiger partial charge in [0.2, 0.25) is 0 Å². The number of benzene rings is 1. The van der Waals surface area contributed by atoms with Crippen molar-refractivity contribution in [1.82, 2.24) is 4.90 Å². The van der Waals surface area contributed by atoms with Gasteiger partial charge in [-0.1, -0.05) is 11.6 Å². The van der Waals surface area contributed by atoms with E-state index in [2.05, 4.69) is 15.9 Å². The van der Waals surface area contributed by atoms with Crippen molar-refractivity contribution in [2.24, 2.45) is 0 Å². The molecule has 0 amide bonds. The van der Waals surface area contributed by atoms with E-state index in [4.69, 9.17) is 16.9 Å². The van der Waals surface area contributed by atoms with E-state index in [-0.39, 0.29) is 11.1 Å². The van der Waals surface area contributed by atoms with Crippen LogP contribution >= 0.6 is 11.6 Å². The normalized spacial score (nSPS) is 18.4. The summed E-state index contributed by atoms with van der Waals surface area (Å²) in [6.45, 7) is 5.24. The summed E-state index contributed by atoms with van der Waals surface area (Å²) in [6.07, 6.45) is 0. The summed E-state index contributed by atoms with van der Waals surface area (Å²) in [5.41, 5.74) is 0.936. The van der Waals surface area contributed by atoms with Gasteiger partial charge < -0.3 is 4.90 Å². The predicted octanol–water partition coefficient (Wildman–Crippen LogP) is 2.51. The molecule has 0 N–H and O–H groups in total. The van der Waals surface area contributed by atoms with Crippen LogP contribution in [0.5, 0.6) is 0 Å². The molecule has 1 aromatic carbocycles. The number of rotatable bonds is 2. The number of nitriles is 1. The first kappa shape index (κ1) is 13.1. The molecule has 1 aliphatic rings. The average molecular weight is 268 g/mol. The van der Waals surface area contributed by atoms with Gasteiger partial charge in [-0.25, -0.2) is 4.39 Å². The molecule has 1 aliphatic heterocycles. The van der Waals surface area contributed by atoms with Gasteiger partial charge in [-0.15, -0.1) is 0 Å². The zero-order valence-corrected chi connectivity index (χ0v) is 11.0. The molecule has 1 saturated heterocycles. The first-order valence-electron chi connectivity index (χ1n) is 5.95. The van der Waals surface area contributed by atoms with E-state index in [1.165, 1.54) is 6.07 Å². The van der Waals surface area contributed by atoms with E-state index >= 15 is 0 Å². The minimum absolute atomic E-state index is 0.0519. The summed E-state index contributed by atoms with van der Waals surface area (Å²) < 4.78 is 13.1. The highest BCUT2D eigenvalue weighted by Gasteiger charge is 2.21. The van der Waals surface area contributed by atoms with Gasteiger partial charge >= 0.3 is 0 Å². The minimum atomic E-state index is -0.392. The SMILES string of the molecule is CC(C#N)N1CCN(c2ccc(F)c(Cl)c2)CC1. The van der Waals surface area contributed by atoms with Crippen molar-refractivity contribution in [3.63, 3.8) is 0 Å². The Morgan fingerprint density at radius 2 is 2.00 bits per heavy atom. The Morgan fingerprint density at radius 1 is 1.33 bits per heavy atom. The monoisotopic (exact) mass is 267 g/mol. The van der Waals surface area contributed by atoms with Crippen LogP contribution in [0.2, 0.25) is 5.02 Å². The fourth-order valence-corrected chi connectivity index (χ4v) is 2.31. The van der Waals surface area contributed by atoms with E-state index in [9.17, 15) is 4.39 Å². The van der Waals surface area contributed by atoms with Crippen LogP contribution in [0.25, 0.3) is 0 Å². The van der Waals surface area contributed by atoms with Crippen LogP contribution in [0.4, 0.5) is 10.1 Å². The lowest BCUT2D eigenvalue weighted by Gasteiger charge is -2.37. The topological polar surface area (TPSA) is 30.3 Å². The molecule has 0 radical (unpaired) electrons. The second kappa shape index (κ2) is 5.55. The molecule has 0 bridgehead atoms. The molecule has 2 rings (SSSR count). The number of hydrogen-bond acceptors (Lipinski definition) is 3. The van der Waals surface area contributed by atoms with Gasteiger partial charge in [-0.05, 0) is 25.1 Å². The number of nitrogens with zero attached hydrogens (tertiary/aromatic N) is 3. The molecule has 1 aromatic rings. The van der Waals surface area contributed by atoms with Crippen molar-refractivity contribution >= 4 is 17.3 Å². The Labute approximate surface area is 111 Å². The van der Waals surface area contributed by atoms with Crippen molar-refractivity contribution in [3.05, 3.63) is 29.0 Å². The Bertz CT molecular complexity index is 464. The van der Waals surface area contributed by atoms with Gasteiger partial charge in [-0.2, -0.15) is 5.26 Å². The summed E-state index contributed by atoms with van der Waals surface area (Å²) in [5, 5.41) is 9.03. The van der Waals surface area contributed by atoms with Crippen molar-refractivity contribution in [2.75, 3.05) is 31.1 Å². The van der Waals surface area contributed by atoms with Crippen LogP contribution in [-0.4, -0.2) is 37.1 Å². The quantitative estimate of drug-likeness (QED) is 0.825. The van der Waals surface area contributed by atoms with Gasteiger partial charge in [0.1, 0.15) is 5.82 Å². The van der Waals surface area contributed by atoms with Crippen molar-refractivity contribution in [2.45, 2.75) is 13.0 Å². The first-order chi connectivity index (χ1) is 8.61. The van der Waals surface area contributed by atoms with Crippen molar-refractivity contribution in [1.29, 1.82) is 5.26 Å². The van der Waals surface area contributed by atoms with Crippen molar-refractivity contribution < 1.29 is 4.39 Å². The summed E-state index contributed by atoms with van der Waals surface area (Å²) >= 11 is 5.78. The van der Waals surface area contributed by atoms with E-state index in [1.54, 1.807) is 12.1 Å². The molecule has 1 heterocycles. The first-order valence-corrected chi connectivity index (χ1v) is 6.33. The Balaban J connectivity index is 2.01.